The number of carbonyl (C=O) groups is 1. The van der Waals surface area contributed by atoms with Crippen molar-refractivity contribution in [3.05, 3.63) is 47.5 Å². The van der Waals surface area contributed by atoms with Gasteiger partial charge in [0, 0.05) is 18.2 Å². The molecule has 1 aliphatic rings. The van der Waals surface area contributed by atoms with E-state index in [0.29, 0.717) is 36.6 Å². The topological polar surface area (TPSA) is 56.8 Å². The lowest BCUT2D eigenvalue weighted by atomic mass is 10.1. The molecule has 0 aromatic heterocycles. The van der Waals surface area contributed by atoms with Gasteiger partial charge in [-0.15, -0.1) is 0 Å². The Morgan fingerprint density at radius 3 is 2.88 bits per heavy atom. The molecule has 0 aliphatic carbocycles. The van der Waals surface area contributed by atoms with Gasteiger partial charge in [0.1, 0.15) is 5.75 Å². The Balaban J connectivity index is 1.43. The Labute approximate surface area is 141 Å². The molecular formula is C19H21NO4. The summed E-state index contributed by atoms with van der Waals surface area (Å²) in [6.45, 7) is 4.83. The molecule has 0 bridgehead atoms. The SMILES string of the molecule is Cc1cccc(OCCCC(=O)Nc2ccc3c(c2)OCO3)c1C. The number of nitrogens with one attached hydrogen (secondary N) is 1. The monoisotopic (exact) mass is 327 g/mol. The maximum absolute atomic E-state index is 12.0. The lowest BCUT2D eigenvalue weighted by Gasteiger charge is -2.11. The highest BCUT2D eigenvalue weighted by atomic mass is 16.7. The minimum atomic E-state index is -0.0431. The number of ether oxygens (including phenoxy) is 3. The quantitative estimate of drug-likeness (QED) is 0.819. The summed E-state index contributed by atoms with van der Waals surface area (Å²) in [6.07, 6.45) is 1.06. The van der Waals surface area contributed by atoms with E-state index in [9.17, 15) is 4.79 Å². The van der Waals surface area contributed by atoms with E-state index in [1.807, 2.05) is 19.1 Å². The number of benzene rings is 2. The van der Waals surface area contributed by atoms with Crippen LogP contribution in [-0.2, 0) is 4.79 Å². The Kier molecular flexibility index (Phi) is 4.89. The highest BCUT2D eigenvalue weighted by Crippen LogP contribution is 2.34. The maximum atomic E-state index is 12.0. The van der Waals surface area contributed by atoms with Gasteiger partial charge in [-0.05, 0) is 49.6 Å². The van der Waals surface area contributed by atoms with Crippen LogP contribution < -0.4 is 19.5 Å². The molecule has 5 heteroatoms. The summed E-state index contributed by atoms with van der Waals surface area (Å²) in [4.78, 5) is 12.0. The lowest BCUT2D eigenvalue weighted by Crippen LogP contribution is -2.12. The van der Waals surface area contributed by atoms with Gasteiger partial charge in [-0.3, -0.25) is 4.79 Å². The normalized spacial score (nSPS) is 12.1. The van der Waals surface area contributed by atoms with Crippen LogP contribution in [0.5, 0.6) is 17.2 Å². The van der Waals surface area contributed by atoms with Gasteiger partial charge in [0.2, 0.25) is 12.7 Å². The largest absolute Gasteiger partial charge is 0.493 e. The van der Waals surface area contributed by atoms with Crippen molar-refractivity contribution in [2.75, 3.05) is 18.7 Å². The molecule has 126 valence electrons. The van der Waals surface area contributed by atoms with Gasteiger partial charge in [-0.1, -0.05) is 12.1 Å². The predicted molar refractivity (Wildman–Crippen MR) is 91.8 cm³/mol. The Bertz CT molecular complexity index is 742. The fourth-order valence-corrected chi connectivity index (χ4v) is 2.49. The summed E-state index contributed by atoms with van der Waals surface area (Å²) in [5.74, 6) is 2.20. The first-order valence-electron chi connectivity index (χ1n) is 8.02. The molecule has 0 fully saturated rings. The average molecular weight is 327 g/mol. The predicted octanol–water partition coefficient (Wildman–Crippen LogP) is 3.83. The highest BCUT2D eigenvalue weighted by molar-refractivity contribution is 5.91. The molecule has 0 atom stereocenters. The van der Waals surface area contributed by atoms with Crippen LogP contribution in [0.1, 0.15) is 24.0 Å². The average Bonchev–Trinajstić information content (AvgIpc) is 3.03. The van der Waals surface area contributed by atoms with E-state index in [1.54, 1.807) is 18.2 Å². The number of fused-ring (bicyclic) bond motifs is 1. The molecule has 0 saturated heterocycles. The molecule has 0 saturated carbocycles. The second-order valence-electron chi connectivity index (χ2n) is 5.77. The van der Waals surface area contributed by atoms with Gasteiger partial charge in [0.25, 0.3) is 0 Å². The van der Waals surface area contributed by atoms with Crippen molar-refractivity contribution < 1.29 is 19.0 Å². The molecule has 1 heterocycles. The van der Waals surface area contributed by atoms with Gasteiger partial charge >= 0.3 is 0 Å². The van der Waals surface area contributed by atoms with Crippen molar-refractivity contribution >= 4 is 11.6 Å². The first-order chi connectivity index (χ1) is 11.6. The van der Waals surface area contributed by atoms with Crippen molar-refractivity contribution in [1.82, 2.24) is 0 Å². The van der Waals surface area contributed by atoms with Gasteiger partial charge < -0.3 is 19.5 Å². The van der Waals surface area contributed by atoms with Crippen LogP contribution in [0.4, 0.5) is 5.69 Å². The smallest absolute Gasteiger partial charge is 0.231 e. The molecular weight excluding hydrogens is 306 g/mol. The minimum Gasteiger partial charge on any atom is -0.493 e. The van der Waals surface area contributed by atoms with Crippen LogP contribution in [-0.4, -0.2) is 19.3 Å². The first-order valence-corrected chi connectivity index (χ1v) is 8.02. The van der Waals surface area contributed by atoms with E-state index in [2.05, 4.69) is 18.3 Å². The number of amides is 1. The zero-order chi connectivity index (χ0) is 16.9. The second-order valence-corrected chi connectivity index (χ2v) is 5.77. The summed E-state index contributed by atoms with van der Waals surface area (Å²) in [7, 11) is 0. The highest BCUT2D eigenvalue weighted by Gasteiger charge is 2.14. The summed E-state index contributed by atoms with van der Waals surface area (Å²) >= 11 is 0. The summed E-state index contributed by atoms with van der Waals surface area (Å²) in [5.41, 5.74) is 3.05. The zero-order valence-electron chi connectivity index (χ0n) is 13.9. The number of rotatable bonds is 6. The third-order valence-corrected chi connectivity index (χ3v) is 4.02. The van der Waals surface area contributed by atoms with Gasteiger partial charge in [-0.25, -0.2) is 0 Å². The Hall–Kier alpha value is -2.69. The van der Waals surface area contributed by atoms with Gasteiger partial charge in [-0.2, -0.15) is 0 Å². The number of aryl methyl sites for hydroxylation is 1. The molecule has 2 aromatic rings. The van der Waals surface area contributed by atoms with E-state index < -0.39 is 0 Å². The van der Waals surface area contributed by atoms with Gasteiger partial charge in [0.15, 0.2) is 11.5 Å². The molecule has 1 aliphatic heterocycles. The van der Waals surface area contributed by atoms with E-state index >= 15 is 0 Å². The first kappa shape index (κ1) is 16.2. The Morgan fingerprint density at radius 1 is 1.17 bits per heavy atom. The number of hydrogen-bond acceptors (Lipinski definition) is 4. The number of carbonyl (C=O) groups excluding carboxylic acids is 1. The van der Waals surface area contributed by atoms with E-state index in [0.717, 1.165) is 11.3 Å². The summed E-state index contributed by atoms with van der Waals surface area (Å²) in [5, 5.41) is 2.86. The summed E-state index contributed by atoms with van der Waals surface area (Å²) < 4.78 is 16.3. The van der Waals surface area contributed by atoms with Crippen LogP contribution in [0, 0.1) is 13.8 Å². The molecule has 24 heavy (non-hydrogen) atoms. The fourth-order valence-electron chi connectivity index (χ4n) is 2.49. The standard InChI is InChI=1S/C19H21NO4/c1-13-5-3-6-16(14(13)2)22-10-4-7-19(21)20-15-8-9-17-18(11-15)24-12-23-17/h3,5-6,8-9,11H,4,7,10,12H2,1-2H3,(H,20,21). The van der Waals surface area contributed by atoms with Crippen molar-refractivity contribution in [2.45, 2.75) is 26.7 Å². The lowest BCUT2D eigenvalue weighted by molar-refractivity contribution is -0.116. The van der Waals surface area contributed by atoms with E-state index in [4.69, 9.17) is 14.2 Å². The van der Waals surface area contributed by atoms with Crippen LogP contribution >= 0.6 is 0 Å². The number of anilines is 1. The minimum absolute atomic E-state index is 0.0431. The zero-order valence-corrected chi connectivity index (χ0v) is 13.9. The van der Waals surface area contributed by atoms with Crippen LogP contribution in [0.2, 0.25) is 0 Å². The van der Waals surface area contributed by atoms with Crippen molar-refractivity contribution in [1.29, 1.82) is 0 Å². The van der Waals surface area contributed by atoms with E-state index in [1.165, 1.54) is 5.56 Å². The van der Waals surface area contributed by atoms with E-state index in [-0.39, 0.29) is 12.7 Å². The van der Waals surface area contributed by atoms with Crippen LogP contribution in [0.15, 0.2) is 36.4 Å². The molecule has 1 amide bonds. The molecule has 5 nitrogen and oxygen atoms in total. The molecule has 0 radical (unpaired) electrons. The maximum Gasteiger partial charge on any atom is 0.231 e. The second kappa shape index (κ2) is 7.25. The van der Waals surface area contributed by atoms with Gasteiger partial charge in [0.05, 0.1) is 6.61 Å². The van der Waals surface area contributed by atoms with Crippen LogP contribution in [0.25, 0.3) is 0 Å². The van der Waals surface area contributed by atoms with Crippen molar-refractivity contribution in [3.63, 3.8) is 0 Å². The third kappa shape index (κ3) is 3.79. The third-order valence-electron chi connectivity index (χ3n) is 4.02. The molecule has 0 unspecified atom stereocenters. The Morgan fingerprint density at radius 2 is 2.00 bits per heavy atom. The molecule has 1 N–H and O–H groups in total. The van der Waals surface area contributed by atoms with Crippen molar-refractivity contribution in [2.24, 2.45) is 0 Å². The fraction of sp³-hybridized carbons (Fsp3) is 0.316. The number of hydrogen-bond donors (Lipinski definition) is 1. The van der Waals surface area contributed by atoms with Crippen molar-refractivity contribution in [3.8, 4) is 17.2 Å². The summed E-state index contributed by atoms with van der Waals surface area (Å²) in [6, 6.07) is 11.4. The molecule has 2 aromatic carbocycles. The molecule has 3 rings (SSSR count). The molecule has 0 spiro atoms. The van der Waals surface area contributed by atoms with Crippen LogP contribution in [0.3, 0.4) is 0 Å².